The van der Waals surface area contributed by atoms with Crippen molar-refractivity contribution in [2.24, 2.45) is 0 Å². The van der Waals surface area contributed by atoms with Crippen molar-refractivity contribution in [2.45, 2.75) is 13.5 Å². The topological polar surface area (TPSA) is 50.4 Å². The number of hydrogen-bond donors (Lipinski definition) is 2. The Balaban J connectivity index is 1.97. The van der Waals surface area contributed by atoms with Crippen LogP contribution in [0.15, 0.2) is 48.5 Å². The number of halogens is 2. The molecule has 0 heterocycles. The summed E-state index contributed by atoms with van der Waals surface area (Å²) in [5.41, 5.74) is 2.08. The van der Waals surface area contributed by atoms with Crippen LogP contribution in [0.5, 0.6) is 5.75 Å². The van der Waals surface area contributed by atoms with E-state index >= 15 is 0 Å². The standard InChI is InChI=1S/C15H14F2N2O2/c1-10-5-7-11(8-6-10)18-15(20)19-12-3-2-4-13(9-12)21-14(16)17/h2-9,14H,1H3,(H2,18,19,20). The maximum atomic E-state index is 12.1. The zero-order valence-electron chi connectivity index (χ0n) is 11.3. The predicted molar refractivity (Wildman–Crippen MR) is 76.9 cm³/mol. The molecular formula is C15H14F2N2O2. The lowest BCUT2D eigenvalue weighted by molar-refractivity contribution is -0.0497. The third-order valence-electron chi connectivity index (χ3n) is 2.63. The van der Waals surface area contributed by atoms with E-state index in [0.29, 0.717) is 11.4 Å². The molecule has 110 valence electrons. The number of amides is 2. The summed E-state index contributed by atoms with van der Waals surface area (Å²) in [7, 11) is 0. The summed E-state index contributed by atoms with van der Waals surface area (Å²) >= 11 is 0. The van der Waals surface area contributed by atoms with Crippen molar-refractivity contribution in [3.05, 3.63) is 54.1 Å². The van der Waals surface area contributed by atoms with Gasteiger partial charge in [0.05, 0.1) is 0 Å². The fourth-order valence-corrected chi connectivity index (χ4v) is 1.68. The molecule has 0 spiro atoms. The van der Waals surface area contributed by atoms with Crippen molar-refractivity contribution in [2.75, 3.05) is 10.6 Å². The Morgan fingerprint density at radius 3 is 2.38 bits per heavy atom. The predicted octanol–water partition coefficient (Wildman–Crippen LogP) is 4.24. The summed E-state index contributed by atoms with van der Waals surface area (Å²) in [6.45, 7) is -0.958. The third-order valence-corrected chi connectivity index (χ3v) is 2.63. The van der Waals surface area contributed by atoms with Gasteiger partial charge in [-0.1, -0.05) is 23.8 Å². The number of hydrogen-bond acceptors (Lipinski definition) is 2. The van der Waals surface area contributed by atoms with Gasteiger partial charge in [-0.25, -0.2) is 4.79 Å². The minimum absolute atomic E-state index is 0.0156. The van der Waals surface area contributed by atoms with Crippen molar-refractivity contribution in [1.29, 1.82) is 0 Å². The zero-order chi connectivity index (χ0) is 15.2. The van der Waals surface area contributed by atoms with Gasteiger partial charge in [-0.3, -0.25) is 0 Å². The quantitative estimate of drug-likeness (QED) is 0.885. The van der Waals surface area contributed by atoms with Crippen molar-refractivity contribution in [3.8, 4) is 5.75 Å². The van der Waals surface area contributed by atoms with E-state index < -0.39 is 12.6 Å². The highest BCUT2D eigenvalue weighted by atomic mass is 19.3. The highest BCUT2D eigenvalue weighted by Gasteiger charge is 2.06. The number of rotatable bonds is 4. The Morgan fingerprint density at radius 1 is 1.05 bits per heavy atom. The average Bonchev–Trinajstić information content (AvgIpc) is 2.41. The summed E-state index contributed by atoms with van der Waals surface area (Å²) < 4.78 is 28.5. The van der Waals surface area contributed by atoms with E-state index in [1.54, 1.807) is 18.2 Å². The van der Waals surface area contributed by atoms with Gasteiger partial charge in [0.15, 0.2) is 0 Å². The first-order valence-electron chi connectivity index (χ1n) is 6.22. The number of carbonyl (C=O) groups is 1. The molecule has 6 heteroatoms. The van der Waals surface area contributed by atoms with Crippen LogP contribution in [0.1, 0.15) is 5.56 Å². The molecule has 2 rings (SSSR count). The molecule has 0 unspecified atom stereocenters. The van der Waals surface area contributed by atoms with Crippen LogP contribution in [0.2, 0.25) is 0 Å². The Hall–Kier alpha value is -2.63. The van der Waals surface area contributed by atoms with Crippen LogP contribution in [-0.2, 0) is 0 Å². The highest BCUT2D eigenvalue weighted by molar-refractivity contribution is 5.99. The van der Waals surface area contributed by atoms with Crippen molar-refractivity contribution in [1.82, 2.24) is 0 Å². The van der Waals surface area contributed by atoms with Crippen LogP contribution in [0.25, 0.3) is 0 Å². The first kappa shape index (κ1) is 14.8. The van der Waals surface area contributed by atoms with E-state index in [0.717, 1.165) is 5.56 Å². The molecule has 2 amide bonds. The molecule has 2 N–H and O–H groups in total. The normalized spacial score (nSPS) is 10.3. The average molecular weight is 292 g/mol. The van der Waals surface area contributed by atoms with Gasteiger partial charge in [0, 0.05) is 17.4 Å². The lowest BCUT2D eigenvalue weighted by Gasteiger charge is -2.09. The van der Waals surface area contributed by atoms with E-state index in [4.69, 9.17) is 0 Å². The summed E-state index contributed by atoms with van der Waals surface area (Å²) in [6, 6.07) is 12.6. The van der Waals surface area contributed by atoms with Gasteiger partial charge < -0.3 is 15.4 Å². The molecule has 0 saturated carbocycles. The minimum atomic E-state index is -2.90. The summed E-state index contributed by atoms with van der Waals surface area (Å²) in [5, 5.41) is 5.18. The first-order chi connectivity index (χ1) is 10.0. The Labute approximate surface area is 120 Å². The molecule has 0 saturated heterocycles. The highest BCUT2D eigenvalue weighted by Crippen LogP contribution is 2.19. The summed E-state index contributed by atoms with van der Waals surface area (Å²) in [5.74, 6) is -0.0156. The third kappa shape index (κ3) is 4.76. The number of alkyl halides is 2. The molecule has 0 aromatic heterocycles. The minimum Gasteiger partial charge on any atom is -0.435 e. The fourth-order valence-electron chi connectivity index (χ4n) is 1.68. The largest absolute Gasteiger partial charge is 0.435 e. The molecule has 0 radical (unpaired) electrons. The number of urea groups is 1. The second-order valence-electron chi connectivity index (χ2n) is 4.35. The number of anilines is 2. The van der Waals surface area contributed by atoms with E-state index in [1.807, 2.05) is 19.1 Å². The first-order valence-corrected chi connectivity index (χ1v) is 6.22. The van der Waals surface area contributed by atoms with E-state index in [9.17, 15) is 13.6 Å². The second-order valence-corrected chi connectivity index (χ2v) is 4.35. The van der Waals surface area contributed by atoms with Crippen LogP contribution in [-0.4, -0.2) is 12.6 Å². The zero-order valence-corrected chi connectivity index (χ0v) is 11.3. The molecular weight excluding hydrogens is 278 g/mol. The van der Waals surface area contributed by atoms with Crippen LogP contribution in [0.4, 0.5) is 25.0 Å². The van der Waals surface area contributed by atoms with Gasteiger partial charge in [0.2, 0.25) is 0 Å². The van der Waals surface area contributed by atoms with E-state index in [1.165, 1.54) is 18.2 Å². The molecule has 0 aliphatic rings. The number of benzene rings is 2. The van der Waals surface area contributed by atoms with Crippen molar-refractivity contribution < 1.29 is 18.3 Å². The molecule has 2 aromatic carbocycles. The van der Waals surface area contributed by atoms with Crippen LogP contribution < -0.4 is 15.4 Å². The lowest BCUT2D eigenvalue weighted by atomic mass is 10.2. The second kappa shape index (κ2) is 6.69. The fraction of sp³-hybridized carbons (Fsp3) is 0.133. The van der Waals surface area contributed by atoms with Gasteiger partial charge in [-0.05, 0) is 31.2 Å². The van der Waals surface area contributed by atoms with Crippen molar-refractivity contribution in [3.63, 3.8) is 0 Å². The number of ether oxygens (including phenoxy) is 1. The lowest BCUT2D eigenvalue weighted by Crippen LogP contribution is -2.19. The van der Waals surface area contributed by atoms with Crippen LogP contribution in [0.3, 0.4) is 0 Å². The Kier molecular flexibility index (Phi) is 4.71. The van der Waals surface area contributed by atoms with E-state index in [2.05, 4.69) is 15.4 Å². The van der Waals surface area contributed by atoms with Gasteiger partial charge in [-0.15, -0.1) is 0 Å². The molecule has 0 aliphatic carbocycles. The van der Waals surface area contributed by atoms with Crippen LogP contribution in [0, 0.1) is 6.92 Å². The molecule has 0 fully saturated rings. The number of aryl methyl sites for hydroxylation is 1. The van der Waals surface area contributed by atoms with Crippen LogP contribution >= 0.6 is 0 Å². The smallest absolute Gasteiger partial charge is 0.387 e. The summed E-state index contributed by atoms with van der Waals surface area (Å²) in [6.07, 6.45) is 0. The SMILES string of the molecule is Cc1ccc(NC(=O)Nc2cccc(OC(F)F)c2)cc1. The molecule has 0 aliphatic heterocycles. The summed E-state index contributed by atoms with van der Waals surface area (Å²) in [4.78, 5) is 11.8. The molecule has 2 aromatic rings. The maximum absolute atomic E-state index is 12.1. The van der Waals surface area contributed by atoms with Gasteiger partial charge >= 0.3 is 12.6 Å². The monoisotopic (exact) mass is 292 g/mol. The molecule has 0 atom stereocenters. The van der Waals surface area contributed by atoms with Gasteiger partial charge in [0.1, 0.15) is 5.75 Å². The maximum Gasteiger partial charge on any atom is 0.387 e. The number of nitrogens with one attached hydrogen (secondary N) is 2. The van der Waals surface area contributed by atoms with Gasteiger partial charge in [0.25, 0.3) is 0 Å². The van der Waals surface area contributed by atoms with Gasteiger partial charge in [-0.2, -0.15) is 8.78 Å². The molecule has 0 bridgehead atoms. The molecule has 4 nitrogen and oxygen atoms in total. The molecule has 21 heavy (non-hydrogen) atoms. The Morgan fingerprint density at radius 2 is 1.71 bits per heavy atom. The van der Waals surface area contributed by atoms with Crippen molar-refractivity contribution >= 4 is 17.4 Å². The number of carbonyl (C=O) groups excluding carboxylic acids is 1. The van der Waals surface area contributed by atoms with E-state index in [-0.39, 0.29) is 5.75 Å². The Bertz CT molecular complexity index is 615.